The van der Waals surface area contributed by atoms with Crippen LogP contribution in [-0.2, 0) is 11.2 Å². The highest BCUT2D eigenvalue weighted by Gasteiger charge is 2.31. The standard InChI is InChI=1S/C22H24N2O3/c1-27-20-9-5-4-8-18(20)21(25)23-17-10-11-19-16(14-17)12-13-24(19)22(26)15-6-2-3-7-15/h4-5,8-11,14-15H,2-3,6-7,12-13H2,1H3,(H,23,25). The smallest absolute Gasteiger partial charge is 0.259 e. The molecular formula is C22H24N2O3. The van der Waals surface area contributed by atoms with Gasteiger partial charge in [-0.1, -0.05) is 25.0 Å². The molecule has 1 saturated carbocycles. The zero-order chi connectivity index (χ0) is 18.8. The molecule has 0 unspecified atom stereocenters. The van der Waals surface area contributed by atoms with E-state index in [0.717, 1.165) is 55.6 Å². The molecule has 4 rings (SSSR count). The van der Waals surface area contributed by atoms with E-state index in [9.17, 15) is 9.59 Å². The molecule has 1 heterocycles. The van der Waals surface area contributed by atoms with Crippen molar-refractivity contribution in [2.24, 2.45) is 5.92 Å². The number of carbonyl (C=O) groups excluding carboxylic acids is 2. The van der Waals surface area contributed by atoms with Gasteiger partial charge >= 0.3 is 0 Å². The van der Waals surface area contributed by atoms with Crippen LogP contribution >= 0.6 is 0 Å². The van der Waals surface area contributed by atoms with Crippen LogP contribution in [0.2, 0.25) is 0 Å². The van der Waals surface area contributed by atoms with Gasteiger partial charge in [0.05, 0.1) is 12.7 Å². The highest BCUT2D eigenvalue weighted by atomic mass is 16.5. The minimum atomic E-state index is -0.204. The number of benzene rings is 2. The van der Waals surface area contributed by atoms with Crippen LogP contribution in [0.4, 0.5) is 11.4 Å². The first-order valence-corrected chi connectivity index (χ1v) is 9.56. The molecule has 0 aromatic heterocycles. The van der Waals surface area contributed by atoms with Gasteiger partial charge in [-0.15, -0.1) is 0 Å². The Hall–Kier alpha value is -2.82. The van der Waals surface area contributed by atoms with Gasteiger partial charge in [0.2, 0.25) is 5.91 Å². The molecule has 1 aliphatic carbocycles. The van der Waals surface area contributed by atoms with Crippen molar-refractivity contribution in [1.29, 1.82) is 0 Å². The summed E-state index contributed by atoms with van der Waals surface area (Å²) >= 11 is 0. The summed E-state index contributed by atoms with van der Waals surface area (Å²) in [7, 11) is 1.55. The van der Waals surface area contributed by atoms with Crippen molar-refractivity contribution in [3.63, 3.8) is 0 Å². The van der Waals surface area contributed by atoms with E-state index >= 15 is 0 Å². The maximum atomic E-state index is 12.8. The quantitative estimate of drug-likeness (QED) is 0.891. The molecule has 2 amide bonds. The normalized spacial score (nSPS) is 16.3. The molecule has 2 aliphatic rings. The van der Waals surface area contributed by atoms with Crippen LogP contribution < -0.4 is 15.0 Å². The summed E-state index contributed by atoms with van der Waals surface area (Å²) in [5.41, 5.74) is 3.33. The molecule has 1 fully saturated rings. The SMILES string of the molecule is COc1ccccc1C(=O)Nc1ccc2c(c1)CCN2C(=O)C1CCCC1. The number of nitrogens with zero attached hydrogens (tertiary/aromatic N) is 1. The lowest BCUT2D eigenvalue weighted by atomic mass is 10.1. The highest BCUT2D eigenvalue weighted by Crippen LogP contribution is 2.35. The first-order chi connectivity index (χ1) is 13.2. The maximum Gasteiger partial charge on any atom is 0.259 e. The van der Waals surface area contributed by atoms with Gasteiger partial charge in [0.15, 0.2) is 0 Å². The molecule has 140 valence electrons. The largest absolute Gasteiger partial charge is 0.496 e. The predicted molar refractivity (Wildman–Crippen MR) is 105 cm³/mol. The Bertz CT molecular complexity index is 872. The van der Waals surface area contributed by atoms with Crippen LogP contribution in [0.3, 0.4) is 0 Å². The van der Waals surface area contributed by atoms with Gasteiger partial charge < -0.3 is 15.0 Å². The average molecular weight is 364 g/mol. The average Bonchev–Trinajstić information content (AvgIpc) is 3.37. The number of hydrogen-bond acceptors (Lipinski definition) is 3. The zero-order valence-corrected chi connectivity index (χ0v) is 15.5. The van der Waals surface area contributed by atoms with E-state index in [4.69, 9.17) is 4.74 Å². The Labute approximate surface area is 159 Å². The van der Waals surface area contributed by atoms with Crippen molar-refractivity contribution in [3.05, 3.63) is 53.6 Å². The van der Waals surface area contributed by atoms with E-state index in [1.54, 1.807) is 19.2 Å². The van der Waals surface area contributed by atoms with Crippen molar-refractivity contribution in [2.75, 3.05) is 23.9 Å². The highest BCUT2D eigenvalue weighted by molar-refractivity contribution is 6.06. The topological polar surface area (TPSA) is 58.6 Å². The van der Waals surface area contributed by atoms with Gasteiger partial charge in [0.1, 0.15) is 5.75 Å². The van der Waals surface area contributed by atoms with Crippen molar-refractivity contribution in [1.82, 2.24) is 0 Å². The van der Waals surface area contributed by atoms with Crippen LogP contribution in [0.15, 0.2) is 42.5 Å². The van der Waals surface area contributed by atoms with Crippen LogP contribution in [0.1, 0.15) is 41.6 Å². The third-order valence-electron chi connectivity index (χ3n) is 5.55. The van der Waals surface area contributed by atoms with Gasteiger partial charge in [0.25, 0.3) is 5.91 Å². The number of ether oxygens (including phenoxy) is 1. The Morgan fingerprint density at radius 2 is 1.89 bits per heavy atom. The molecule has 0 radical (unpaired) electrons. The van der Waals surface area contributed by atoms with Crippen molar-refractivity contribution in [3.8, 4) is 5.75 Å². The summed E-state index contributed by atoms with van der Waals surface area (Å²) in [6, 6.07) is 12.9. The van der Waals surface area contributed by atoms with Gasteiger partial charge in [-0.25, -0.2) is 0 Å². The summed E-state index contributed by atoms with van der Waals surface area (Å²) < 4.78 is 5.26. The Balaban J connectivity index is 1.50. The first-order valence-electron chi connectivity index (χ1n) is 9.56. The number of nitrogens with one attached hydrogen (secondary N) is 1. The molecule has 27 heavy (non-hydrogen) atoms. The number of hydrogen-bond donors (Lipinski definition) is 1. The molecule has 1 N–H and O–H groups in total. The number of fused-ring (bicyclic) bond motifs is 1. The van der Waals surface area contributed by atoms with Crippen LogP contribution in [0, 0.1) is 5.92 Å². The number of amides is 2. The molecule has 2 aromatic rings. The fraction of sp³-hybridized carbons (Fsp3) is 0.364. The Morgan fingerprint density at radius 1 is 1.11 bits per heavy atom. The van der Waals surface area contributed by atoms with E-state index in [2.05, 4.69) is 5.32 Å². The summed E-state index contributed by atoms with van der Waals surface area (Å²) in [5.74, 6) is 0.784. The molecule has 5 nitrogen and oxygen atoms in total. The molecule has 0 spiro atoms. The lowest BCUT2D eigenvalue weighted by molar-refractivity contribution is -0.122. The summed E-state index contributed by atoms with van der Waals surface area (Å²) in [4.78, 5) is 27.3. The van der Waals surface area contributed by atoms with E-state index in [0.29, 0.717) is 11.3 Å². The summed E-state index contributed by atoms with van der Waals surface area (Å²) in [6.45, 7) is 0.731. The second kappa shape index (κ2) is 7.43. The second-order valence-corrected chi connectivity index (χ2v) is 7.22. The Morgan fingerprint density at radius 3 is 2.67 bits per heavy atom. The van der Waals surface area contributed by atoms with Gasteiger partial charge in [-0.2, -0.15) is 0 Å². The van der Waals surface area contributed by atoms with Gasteiger partial charge in [0, 0.05) is 23.8 Å². The number of carbonyl (C=O) groups is 2. The van der Waals surface area contributed by atoms with Gasteiger partial charge in [-0.05, 0) is 55.2 Å². The first kappa shape index (κ1) is 17.6. The fourth-order valence-electron chi connectivity index (χ4n) is 4.13. The second-order valence-electron chi connectivity index (χ2n) is 7.22. The molecule has 0 saturated heterocycles. The van der Waals surface area contributed by atoms with Crippen LogP contribution in [0.25, 0.3) is 0 Å². The van der Waals surface area contributed by atoms with Crippen LogP contribution in [0.5, 0.6) is 5.75 Å². The lowest BCUT2D eigenvalue weighted by Crippen LogP contribution is -2.33. The van der Waals surface area contributed by atoms with Crippen molar-refractivity contribution < 1.29 is 14.3 Å². The summed E-state index contributed by atoms with van der Waals surface area (Å²) in [6.07, 6.45) is 5.16. The molecule has 0 atom stereocenters. The van der Waals surface area contributed by atoms with Gasteiger partial charge in [-0.3, -0.25) is 9.59 Å². The monoisotopic (exact) mass is 364 g/mol. The predicted octanol–water partition coefficient (Wildman–Crippen LogP) is 4.03. The number of para-hydroxylation sites is 1. The van der Waals surface area contributed by atoms with E-state index in [1.165, 1.54) is 0 Å². The fourth-order valence-corrected chi connectivity index (χ4v) is 4.13. The van der Waals surface area contributed by atoms with Crippen molar-refractivity contribution >= 4 is 23.2 Å². The van der Waals surface area contributed by atoms with E-state index < -0.39 is 0 Å². The zero-order valence-electron chi connectivity index (χ0n) is 15.5. The minimum Gasteiger partial charge on any atom is -0.496 e. The molecule has 0 bridgehead atoms. The van der Waals surface area contributed by atoms with Crippen LogP contribution in [-0.4, -0.2) is 25.5 Å². The molecular weight excluding hydrogens is 340 g/mol. The molecule has 5 heteroatoms. The maximum absolute atomic E-state index is 12.8. The number of anilines is 2. The lowest BCUT2D eigenvalue weighted by Gasteiger charge is -2.21. The third-order valence-corrected chi connectivity index (χ3v) is 5.55. The number of rotatable bonds is 4. The van der Waals surface area contributed by atoms with Crippen molar-refractivity contribution in [2.45, 2.75) is 32.1 Å². The van der Waals surface area contributed by atoms with E-state index in [-0.39, 0.29) is 17.7 Å². The third kappa shape index (κ3) is 3.42. The van der Waals surface area contributed by atoms with E-state index in [1.807, 2.05) is 35.2 Å². The summed E-state index contributed by atoms with van der Waals surface area (Å²) in [5, 5.41) is 2.94. The molecule has 2 aromatic carbocycles. The molecule has 1 aliphatic heterocycles. The number of methoxy groups -OCH3 is 1. The minimum absolute atomic E-state index is 0.181. The Kier molecular flexibility index (Phi) is 4.84.